The zero-order chi connectivity index (χ0) is 20.6. The first-order valence-electron chi connectivity index (χ1n) is 11.0. The summed E-state index contributed by atoms with van der Waals surface area (Å²) in [6.07, 6.45) is 1.81. The Morgan fingerprint density at radius 2 is 1.97 bits per heavy atom. The smallest absolute Gasteiger partial charge is 0.414 e. The predicted octanol–water partition coefficient (Wildman–Crippen LogP) is 1.67. The minimum atomic E-state index is -0.895. The van der Waals surface area contributed by atoms with E-state index in [0.29, 0.717) is 6.42 Å². The molecule has 30 heavy (non-hydrogen) atoms. The third-order valence-electron chi connectivity index (χ3n) is 9.78. The number of fused-ring (bicyclic) bond motifs is 2. The van der Waals surface area contributed by atoms with E-state index in [4.69, 9.17) is 9.47 Å². The fourth-order valence-corrected chi connectivity index (χ4v) is 9.46. The van der Waals surface area contributed by atoms with Crippen molar-refractivity contribution in [3.8, 4) is 0 Å². The normalized spacial score (nSPS) is 49.4. The van der Waals surface area contributed by atoms with Crippen LogP contribution in [0.25, 0.3) is 0 Å². The van der Waals surface area contributed by atoms with Crippen molar-refractivity contribution in [2.75, 3.05) is 25.7 Å². The van der Waals surface area contributed by atoms with Crippen LogP contribution in [0.1, 0.15) is 31.2 Å². The highest BCUT2D eigenvalue weighted by Crippen LogP contribution is 2.81. The topological polar surface area (TPSA) is 79.3 Å². The second-order valence-electron chi connectivity index (χ2n) is 10.0. The number of anilines is 1. The van der Waals surface area contributed by atoms with Crippen LogP contribution >= 0.6 is 0 Å². The van der Waals surface area contributed by atoms with Crippen molar-refractivity contribution in [2.45, 2.75) is 55.0 Å². The highest BCUT2D eigenvalue weighted by atomic mass is 16.5. The molecule has 8 atom stereocenters. The molecule has 6 bridgehead atoms. The van der Waals surface area contributed by atoms with E-state index in [1.54, 1.807) is 12.0 Å². The van der Waals surface area contributed by atoms with Gasteiger partial charge in [0.2, 0.25) is 0 Å². The summed E-state index contributed by atoms with van der Waals surface area (Å²) in [5.74, 6) is -0.706. The molecule has 3 heterocycles. The zero-order valence-electron chi connectivity index (χ0n) is 17.2. The number of methoxy groups -OCH3 is 2. The molecule has 7 nitrogen and oxygen atoms in total. The van der Waals surface area contributed by atoms with Gasteiger partial charge in [-0.2, -0.15) is 0 Å². The molecule has 7 fully saturated rings. The fraction of sp³-hybridized carbons (Fsp3) is 0.652. The van der Waals surface area contributed by atoms with Gasteiger partial charge in [0.1, 0.15) is 12.0 Å². The number of ketones is 1. The van der Waals surface area contributed by atoms with Crippen LogP contribution in [0.4, 0.5) is 10.5 Å². The number of Topliss-reactive ketones (excluding diaryl/α,β-unsaturated/α-hetero) is 1. The van der Waals surface area contributed by atoms with E-state index < -0.39 is 29.1 Å². The molecular formula is C23H26N2O5. The maximum atomic E-state index is 14.0. The molecule has 3 aliphatic heterocycles. The number of nitrogens with zero attached hydrogens (tertiary/aromatic N) is 2. The number of aliphatic hydroxyl groups excluding tert-OH is 1. The van der Waals surface area contributed by atoms with Crippen molar-refractivity contribution in [1.29, 1.82) is 0 Å². The lowest BCUT2D eigenvalue weighted by molar-refractivity contribution is -0.229. The SMILES string of the molecule is COC(=O)N1c2ccccc2[C@@]23C4C(=O)[C@H]5[C@H](O)[C@@]12CC[C@]51CCCN([C@H]4OC)[C@@H]13. The van der Waals surface area contributed by atoms with Crippen molar-refractivity contribution in [3.05, 3.63) is 29.8 Å². The minimum absolute atomic E-state index is 0.0874. The Morgan fingerprint density at radius 3 is 2.73 bits per heavy atom. The van der Waals surface area contributed by atoms with Gasteiger partial charge in [-0.1, -0.05) is 18.2 Å². The van der Waals surface area contributed by atoms with E-state index in [0.717, 1.165) is 37.1 Å². The lowest BCUT2D eigenvalue weighted by atomic mass is 9.31. The Morgan fingerprint density at radius 1 is 1.17 bits per heavy atom. The number of ether oxygens (including phenoxy) is 2. The lowest BCUT2D eigenvalue weighted by Crippen LogP contribution is -2.88. The number of piperidine rings is 1. The Bertz CT molecular complexity index is 1010. The van der Waals surface area contributed by atoms with Crippen molar-refractivity contribution in [2.24, 2.45) is 17.3 Å². The molecule has 2 saturated heterocycles. The molecule has 0 radical (unpaired) electrons. The van der Waals surface area contributed by atoms with Crippen molar-refractivity contribution < 1.29 is 24.2 Å². The van der Waals surface area contributed by atoms with Crippen LogP contribution in [0.3, 0.4) is 0 Å². The van der Waals surface area contributed by atoms with E-state index in [1.807, 2.05) is 18.2 Å². The molecule has 1 unspecified atom stereocenters. The van der Waals surface area contributed by atoms with Crippen LogP contribution < -0.4 is 4.90 Å². The minimum Gasteiger partial charge on any atom is -0.452 e. The first-order chi connectivity index (χ1) is 14.5. The number of hydrogen-bond acceptors (Lipinski definition) is 6. The standard InChI is InChI=1S/C23H26N2O5/c1-29-18-15-16(26)14-17(27)22-10-9-21(14)8-5-11-24(18)19(21)23(15,22)12-6-3-4-7-13(12)25(22)20(28)30-2/h3-4,6-7,14-15,17-19,27H,5,8-11H2,1-2H3/t14-,15?,17-,18-,19-,21+,22+,23-/m0/s1. The van der Waals surface area contributed by atoms with Crippen LogP contribution in [0.2, 0.25) is 0 Å². The summed E-state index contributed by atoms with van der Waals surface area (Å²) in [5, 5.41) is 11.9. The molecular weight excluding hydrogens is 384 g/mol. The highest BCUT2D eigenvalue weighted by Gasteiger charge is 2.92. The molecule has 5 saturated carbocycles. The fourth-order valence-electron chi connectivity index (χ4n) is 9.46. The Hall–Kier alpha value is -1.96. The number of para-hydroxylation sites is 1. The van der Waals surface area contributed by atoms with E-state index >= 15 is 0 Å². The summed E-state index contributed by atoms with van der Waals surface area (Å²) in [5.41, 5.74) is -0.00202. The van der Waals surface area contributed by atoms with Crippen LogP contribution in [0.15, 0.2) is 24.3 Å². The molecule has 1 N–H and O–H groups in total. The first kappa shape index (κ1) is 17.7. The van der Waals surface area contributed by atoms with Gasteiger partial charge in [-0.15, -0.1) is 0 Å². The van der Waals surface area contributed by atoms with Crippen molar-refractivity contribution >= 4 is 17.6 Å². The average Bonchev–Trinajstić information content (AvgIpc) is 3.21. The van der Waals surface area contributed by atoms with E-state index in [9.17, 15) is 14.7 Å². The van der Waals surface area contributed by atoms with E-state index in [1.165, 1.54) is 7.11 Å². The number of amides is 1. The van der Waals surface area contributed by atoms with Gasteiger partial charge in [0.15, 0.2) is 0 Å². The van der Waals surface area contributed by atoms with Gasteiger partial charge in [-0.25, -0.2) is 4.79 Å². The van der Waals surface area contributed by atoms with Crippen LogP contribution in [-0.4, -0.2) is 66.6 Å². The average molecular weight is 410 g/mol. The maximum absolute atomic E-state index is 14.0. The molecule has 0 aromatic heterocycles. The second kappa shape index (κ2) is 5.09. The molecule has 7 heteroatoms. The summed E-state index contributed by atoms with van der Waals surface area (Å²) < 4.78 is 11.3. The van der Waals surface area contributed by atoms with Gasteiger partial charge in [0.05, 0.1) is 41.7 Å². The van der Waals surface area contributed by atoms with Gasteiger partial charge >= 0.3 is 6.09 Å². The number of rotatable bonds is 1. The van der Waals surface area contributed by atoms with E-state index in [-0.39, 0.29) is 29.4 Å². The predicted molar refractivity (Wildman–Crippen MR) is 106 cm³/mol. The Labute approximate surface area is 174 Å². The second-order valence-corrected chi connectivity index (χ2v) is 10.0. The molecule has 3 spiro atoms. The number of carbonyl (C=O) groups is 2. The third kappa shape index (κ3) is 1.35. The summed E-state index contributed by atoms with van der Waals surface area (Å²) in [6.45, 7) is 0.885. The first-order valence-corrected chi connectivity index (χ1v) is 11.0. The maximum Gasteiger partial charge on any atom is 0.414 e. The molecule has 5 aliphatic carbocycles. The summed E-state index contributed by atoms with van der Waals surface area (Å²) >= 11 is 0. The largest absolute Gasteiger partial charge is 0.452 e. The number of aliphatic hydroxyl groups is 1. The monoisotopic (exact) mass is 410 g/mol. The van der Waals surface area contributed by atoms with Crippen molar-refractivity contribution in [3.63, 3.8) is 0 Å². The quantitative estimate of drug-likeness (QED) is 0.759. The Kier molecular flexibility index (Phi) is 3.00. The molecule has 1 amide bonds. The molecule has 158 valence electrons. The number of benzene rings is 1. The zero-order valence-corrected chi connectivity index (χ0v) is 17.2. The lowest BCUT2D eigenvalue weighted by Gasteiger charge is -2.75. The number of hydrogen-bond donors (Lipinski definition) is 1. The van der Waals surface area contributed by atoms with Gasteiger partial charge < -0.3 is 14.6 Å². The number of carbonyl (C=O) groups excluding carboxylic acids is 2. The van der Waals surface area contributed by atoms with Gasteiger partial charge in [0.25, 0.3) is 0 Å². The van der Waals surface area contributed by atoms with E-state index in [2.05, 4.69) is 11.0 Å². The van der Waals surface area contributed by atoms with Gasteiger partial charge in [-0.05, 0) is 42.7 Å². The van der Waals surface area contributed by atoms with Crippen LogP contribution in [0, 0.1) is 17.3 Å². The highest BCUT2D eigenvalue weighted by molar-refractivity contribution is 6.01. The van der Waals surface area contributed by atoms with Crippen LogP contribution in [0.5, 0.6) is 0 Å². The molecule has 1 aromatic carbocycles. The van der Waals surface area contributed by atoms with Gasteiger partial charge in [-0.3, -0.25) is 14.6 Å². The third-order valence-corrected chi connectivity index (χ3v) is 9.78. The summed E-state index contributed by atoms with van der Waals surface area (Å²) in [4.78, 5) is 31.4. The Balaban J connectivity index is 1.64. The molecule has 1 aromatic rings. The molecule has 8 aliphatic rings. The van der Waals surface area contributed by atoms with Crippen molar-refractivity contribution in [1.82, 2.24) is 4.90 Å². The molecule has 9 rings (SSSR count). The van der Waals surface area contributed by atoms with Crippen LogP contribution in [-0.2, 0) is 19.7 Å². The van der Waals surface area contributed by atoms with Gasteiger partial charge in [0, 0.05) is 19.7 Å². The summed E-state index contributed by atoms with van der Waals surface area (Å²) in [7, 11) is 3.08. The summed E-state index contributed by atoms with van der Waals surface area (Å²) in [6, 6.07) is 7.99.